The molecule has 0 radical (unpaired) electrons. The molecule has 4 nitrogen and oxygen atoms in total. The minimum atomic E-state index is -0.510. The molecule has 0 aliphatic carbocycles. The molecule has 86 valence electrons. The summed E-state index contributed by atoms with van der Waals surface area (Å²) < 4.78 is 0. The Morgan fingerprint density at radius 1 is 1.69 bits per heavy atom. The van der Waals surface area contributed by atoms with Crippen molar-refractivity contribution in [3.8, 4) is 0 Å². The molecule has 0 aliphatic heterocycles. The molecule has 0 aromatic carbocycles. The van der Waals surface area contributed by atoms with Gasteiger partial charge >= 0.3 is 0 Å². The van der Waals surface area contributed by atoms with Gasteiger partial charge in [-0.05, 0) is 12.1 Å². The van der Waals surface area contributed by atoms with Crippen LogP contribution >= 0.6 is 11.8 Å². The second-order valence-electron chi connectivity index (χ2n) is 3.08. The van der Waals surface area contributed by atoms with Gasteiger partial charge in [-0.3, -0.25) is 9.78 Å². The number of thioether (sulfide) groups is 1. The van der Waals surface area contributed by atoms with Crippen LogP contribution in [-0.4, -0.2) is 28.9 Å². The molecule has 3 N–H and O–H groups in total. The van der Waals surface area contributed by atoms with E-state index in [9.17, 15) is 4.79 Å². The van der Waals surface area contributed by atoms with Gasteiger partial charge in [-0.1, -0.05) is 6.08 Å². The monoisotopic (exact) mass is 237 g/mol. The van der Waals surface area contributed by atoms with E-state index in [0.717, 1.165) is 23.7 Å². The van der Waals surface area contributed by atoms with E-state index in [4.69, 9.17) is 5.73 Å². The van der Waals surface area contributed by atoms with Crippen molar-refractivity contribution in [2.75, 3.05) is 23.4 Å². The number of amides is 1. The number of nitrogens with two attached hydrogens (primary N) is 1. The first-order valence-corrected chi connectivity index (χ1v) is 6.08. The molecule has 1 aromatic heterocycles. The van der Waals surface area contributed by atoms with Gasteiger partial charge in [0.25, 0.3) is 5.91 Å². The number of anilines is 1. The molecule has 0 fully saturated rings. The molecule has 1 aromatic rings. The third-order valence-electron chi connectivity index (χ3n) is 1.82. The molecule has 0 saturated heterocycles. The molecule has 0 atom stereocenters. The predicted molar refractivity (Wildman–Crippen MR) is 68.8 cm³/mol. The lowest BCUT2D eigenvalue weighted by atomic mass is 10.3. The molecule has 16 heavy (non-hydrogen) atoms. The second-order valence-corrected chi connectivity index (χ2v) is 4.23. The minimum absolute atomic E-state index is 0.281. The summed E-state index contributed by atoms with van der Waals surface area (Å²) in [5.41, 5.74) is 6.28. The van der Waals surface area contributed by atoms with E-state index < -0.39 is 5.91 Å². The molecule has 0 bridgehead atoms. The minimum Gasteiger partial charge on any atom is -0.384 e. The van der Waals surface area contributed by atoms with Crippen molar-refractivity contribution in [1.82, 2.24) is 4.98 Å². The smallest absolute Gasteiger partial charge is 0.267 e. The fourth-order valence-corrected chi connectivity index (χ4v) is 1.69. The van der Waals surface area contributed by atoms with Crippen molar-refractivity contribution in [3.05, 3.63) is 36.7 Å². The van der Waals surface area contributed by atoms with Gasteiger partial charge in [-0.15, -0.1) is 6.58 Å². The molecule has 5 heteroatoms. The van der Waals surface area contributed by atoms with Crippen LogP contribution in [-0.2, 0) is 0 Å². The molecular formula is C11H15N3OS. The van der Waals surface area contributed by atoms with Crippen molar-refractivity contribution >= 4 is 23.4 Å². The Morgan fingerprint density at radius 3 is 3.19 bits per heavy atom. The van der Waals surface area contributed by atoms with Crippen LogP contribution in [0, 0.1) is 0 Å². The van der Waals surface area contributed by atoms with Gasteiger partial charge < -0.3 is 11.1 Å². The summed E-state index contributed by atoms with van der Waals surface area (Å²) in [6, 6.07) is 3.46. The highest BCUT2D eigenvalue weighted by molar-refractivity contribution is 7.99. The van der Waals surface area contributed by atoms with Crippen molar-refractivity contribution in [2.24, 2.45) is 5.73 Å². The molecule has 0 saturated carbocycles. The van der Waals surface area contributed by atoms with E-state index in [1.807, 2.05) is 12.1 Å². The van der Waals surface area contributed by atoms with E-state index in [0.29, 0.717) is 0 Å². The van der Waals surface area contributed by atoms with E-state index in [1.54, 1.807) is 24.0 Å². The van der Waals surface area contributed by atoms with Crippen LogP contribution in [0.4, 0.5) is 5.69 Å². The van der Waals surface area contributed by atoms with Crippen molar-refractivity contribution in [2.45, 2.75) is 0 Å². The Labute approximate surface area is 99.3 Å². The topological polar surface area (TPSA) is 68.0 Å². The van der Waals surface area contributed by atoms with E-state index in [1.165, 1.54) is 0 Å². The summed E-state index contributed by atoms with van der Waals surface area (Å²) >= 11 is 1.80. The number of pyridine rings is 1. The second kappa shape index (κ2) is 6.90. The Balaban J connectivity index is 2.39. The maximum atomic E-state index is 10.9. The van der Waals surface area contributed by atoms with Gasteiger partial charge in [0.1, 0.15) is 5.69 Å². The zero-order chi connectivity index (χ0) is 11.8. The molecular weight excluding hydrogens is 222 g/mol. The molecule has 0 spiro atoms. The Bertz CT molecular complexity index is 368. The molecule has 1 amide bonds. The van der Waals surface area contributed by atoms with Crippen molar-refractivity contribution < 1.29 is 4.79 Å². The Kier molecular flexibility index (Phi) is 5.42. The highest BCUT2D eigenvalue weighted by Gasteiger charge is 2.01. The number of carbonyl (C=O) groups excluding carboxylic acids is 1. The molecule has 0 aliphatic rings. The van der Waals surface area contributed by atoms with Gasteiger partial charge in [0.15, 0.2) is 0 Å². The highest BCUT2D eigenvalue weighted by Crippen LogP contribution is 2.08. The number of primary amides is 1. The summed E-state index contributed by atoms with van der Waals surface area (Å²) in [4.78, 5) is 14.7. The molecule has 1 heterocycles. The third kappa shape index (κ3) is 4.35. The van der Waals surface area contributed by atoms with Crippen LogP contribution in [0.3, 0.4) is 0 Å². The zero-order valence-electron chi connectivity index (χ0n) is 8.98. The van der Waals surface area contributed by atoms with Crippen LogP contribution in [0.2, 0.25) is 0 Å². The van der Waals surface area contributed by atoms with Crippen molar-refractivity contribution in [3.63, 3.8) is 0 Å². The summed E-state index contributed by atoms with van der Waals surface area (Å²) in [5.74, 6) is 1.43. The lowest BCUT2D eigenvalue weighted by molar-refractivity contribution is 0.0995. The van der Waals surface area contributed by atoms with Gasteiger partial charge in [0.05, 0.1) is 0 Å². The van der Waals surface area contributed by atoms with Crippen LogP contribution in [0.5, 0.6) is 0 Å². The first kappa shape index (κ1) is 12.6. The zero-order valence-corrected chi connectivity index (χ0v) is 9.80. The number of nitrogens with one attached hydrogen (secondary N) is 1. The number of rotatable bonds is 7. The average molecular weight is 237 g/mol. The quantitative estimate of drug-likeness (QED) is 0.557. The van der Waals surface area contributed by atoms with Crippen LogP contribution < -0.4 is 11.1 Å². The maximum absolute atomic E-state index is 10.9. The van der Waals surface area contributed by atoms with E-state index in [-0.39, 0.29) is 5.69 Å². The number of nitrogens with zero attached hydrogens (tertiary/aromatic N) is 1. The maximum Gasteiger partial charge on any atom is 0.267 e. The highest BCUT2D eigenvalue weighted by atomic mass is 32.2. The fraction of sp³-hybridized carbons (Fsp3) is 0.273. The van der Waals surface area contributed by atoms with Gasteiger partial charge in [-0.2, -0.15) is 11.8 Å². The number of aromatic nitrogens is 1. The first-order valence-electron chi connectivity index (χ1n) is 4.92. The third-order valence-corrected chi connectivity index (χ3v) is 2.79. The fourth-order valence-electron chi connectivity index (χ4n) is 1.11. The number of hydrogen-bond acceptors (Lipinski definition) is 4. The Morgan fingerprint density at radius 2 is 2.50 bits per heavy atom. The lowest BCUT2D eigenvalue weighted by Crippen LogP contribution is -2.13. The summed E-state index contributed by atoms with van der Waals surface area (Å²) in [6.07, 6.45) is 3.45. The van der Waals surface area contributed by atoms with Crippen LogP contribution in [0.25, 0.3) is 0 Å². The van der Waals surface area contributed by atoms with Crippen molar-refractivity contribution in [1.29, 1.82) is 0 Å². The summed E-state index contributed by atoms with van der Waals surface area (Å²) in [6.45, 7) is 4.48. The lowest BCUT2D eigenvalue weighted by Gasteiger charge is -2.05. The molecule has 1 rings (SSSR count). The predicted octanol–water partition coefficient (Wildman–Crippen LogP) is 1.51. The van der Waals surface area contributed by atoms with E-state index in [2.05, 4.69) is 16.9 Å². The number of hydrogen-bond donors (Lipinski definition) is 2. The van der Waals surface area contributed by atoms with Crippen LogP contribution in [0.1, 0.15) is 10.5 Å². The Hall–Kier alpha value is -1.49. The van der Waals surface area contributed by atoms with Crippen LogP contribution in [0.15, 0.2) is 31.0 Å². The van der Waals surface area contributed by atoms with E-state index >= 15 is 0 Å². The largest absolute Gasteiger partial charge is 0.384 e. The summed E-state index contributed by atoms with van der Waals surface area (Å²) in [5, 5.41) is 3.20. The summed E-state index contributed by atoms with van der Waals surface area (Å²) in [7, 11) is 0. The first-order chi connectivity index (χ1) is 7.74. The standard InChI is InChI=1S/C11H15N3OS/c1-2-6-16-7-5-13-9-3-4-14-10(8-9)11(12)15/h2-4,8H,1,5-7H2,(H2,12,15)(H,13,14). The van der Waals surface area contributed by atoms with Gasteiger partial charge in [-0.25, -0.2) is 0 Å². The van der Waals surface area contributed by atoms with Gasteiger partial charge in [0.2, 0.25) is 0 Å². The number of carbonyl (C=O) groups is 1. The SMILES string of the molecule is C=CCSCCNc1ccnc(C(N)=O)c1. The average Bonchev–Trinajstić information content (AvgIpc) is 2.29. The normalized spacial score (nSPS) is 9.75. The van der Waals surface area contributed by atoms with Gasteiger partial charge in [0, 0.05) is 29.9 Å². The molecule has 0 unspecified atom stereocenters.